The maximum Gasteiger partial charge on any atom is 0.271 e. The fourth-order valence-electron chi connectivity index (χ4n) is 2.24. The van der Waals surface area contributed by atoms with Gasteiger partial charge in [0.05, 0.1) is 5.56 Å². The smallest absolute Gasteiger partial charge is 0.271 e. The van der Waals surface area contributed by atoms with Gasteiger partial charge < -0.3 is 11.1 Å². The number of carbonyl (C=O) groups excluding carboxylic acids is 1. The van der Waals surface area contributed by atoms with Gasteiger partial charge in [-0.3, -0.25) is 20.6 Å². The highest BCUT2D eigenvalue weighted by atomic mass is 16.2. The molecule has 0 aliphatic heterocycles. The van der Waals surface area contributed by atoms with E-state index in [1.807, 2.05) is 32.0 Å². The molecule has 0 spiro atoms. The number of pyridine rings is 1. The molecule has 0 saturated carbocycles. The van der Waals surface area contributed by atoms with Crippen molar-refractivity contribution in [2.45, 2.75) is 13.8 Å². The van der Waals surface area contributed by atoms with Gasteiger partial charge >= 0.3 is 0 Å². The molecule has 0 unspecified atom stereocenters. The number of nitrogens with two attached hydrogens (primary N) is 1. The van der Waals surface area contributed by atoms with Gasteiger partial charge in [-0.1, -0.05) is 6.07 Å². The highest BCUT2D eigenvalue weighted by Crippen LogP contribution is 2.26. The molecule has 0 bridgehead atoms. The SMILES string of the molecule is Cc1ccc(Nc2ncnc(NNC(=O)c3cccnc3)c2N)cc1C. The van der Waals surface area contributed by atoms with Crippen LogP contribution in [0.3, 0.4) is 0 Å². The fourth-order valence-corrected chi connectivity index (χ4v) is 2.24. The van der Waals surface area contributed by atoms with E-state index in [0.717, 1.165) is 11.3 Å². The molecule has 8 nitrogen and oxygen atoms in total. The Kier molecular flexibility index (Phi) is 4.93. The lowest BCUT2D eigenvalue weighted by Crippen LogP contribution is -2.30. The van der Waals surface area contributed by atoms with Gasteiger partial charge in [-0.25, -0.2) is 9.97 Å². The third-order valence-corrected chi connectivity index (χ3v) is 3.87. The first kappa shape index (κ1) is 17.2. The van der Waals surface area contributed by atoms with E-state index in [4.69, 9.17) is 5.73 Å². The summed E-state index contributed by atoms with van der Waals surface area (Å²) in [6, 6.07) is 9.30. The average Bonchev–Trinajstić information content (AvgIpc) is 2.66. The van der Waals surface area contributed by atoms with Crippen LogP contribution in [0.2, 0.25) is 0 Å². The van der Waals surface area contributed by atoms with Crippen molar-refractivity contribution in [1.82, 2.24) is 20.4 Å². The minimum atomic E-state index is -0.347. The summed E-state index contributed by atoms with van der Waals surface area (Å²) in [5.41, 5.74) is 15.3. The van der Waals surface area contributed by atoms with Crippen molar-refractivity contribution in [2.75, 3.05) is 16.5 Å². The van der Waals surface area contributed by atoms with Crippen molar-refractivity contribution in [3.63, 3.8) is 0 Å². The minimum absolute atomic E-state index is 0.289. The summed E-state index contributed by atoms with van der Waals surface area (Å²) in [5, 5.41) is 3.16. The van der Waals surface area contributed by atoms with Crippen LogP contribution in [0.25, 0.3) is 0 Å². The van der Waals surface area contributed by atoms with Gasteiger partial charge in [0, 0.05) is 18.1 Å². The van der Waals surface area contributed by atoms with E-state index in [9.17, 15) is 4.79 Å². The molecule has 0 atom stereocenters. The van der Waals surface area contributed by atoms with E-state index >= 15 is 0 Å². The van der Waals surface area contributed by atoms with Gasteiger partial charge in [-0.2, -0.15) is 0 Å². The fraction of sp³-hybridized carbons (Fsp3) is 0.111. The molecule has 132 valence electrons. The molecule has 0 saturated heterocycles. The third kappa shape index (κ3) is 3.86. The molecule has 8 heteroatoms. The lowest BCUT2D eigenvalue weighted by atomic mass is 10.1. The summed E-state index contributed by atoms with van der Waals surface area (Å²) in [4.78, 5) is 24.2. The Balaban J connectivity index is 1.72. The summed E-state index contributed by atoms with van der Waals surface area (Å²) in [5.74, 6) is 0.393. The molecule has 2 aromatic heterocycles. The number of benzene rings is 1. The van der Waals surface area contributed by atoms with Crippen molar-refractivity contribution in [3.8, 4) is 0 Å². The number of amides is 1. The number of hydrazine groups is 1. The lowest BCUT2D eigenvalue weighted by Gasteiger charge is -2.13. The first-order valence-electron chi connectivity index (χ1n) is 7.95. The first-order chi connectivity index (χ1) is 12.5. The number of rotatable bonds is 5. The van der Waals surface area contributed by atoms with Gasteiger partial charge in [0.2, 0.25) is 0 Å². The predicted octanol–water partition coefficient (Wildman–Crippen LogP) is 2.57. The number of nitrogens with zero attached hydrogens (tertiary/aromatic N) is 3. The average molecular weight is 349 g/mol. The highest BCUT2D eigenvalue weighted by molar-refractivity contribution is 5.94. The standard InChI is InChI=1S/C18H19N7O/c1-11-5-6-14(8-12(11)2)23-16-15(19)17(22-10-21-16)24-25-18(26)13-4-3-7-20-9-13/h3-10H,19H2,1-2H3,(H,25,26)(H2,21,22,23,24). The van der Waals surface area contributed by atoms with Gasteiger partial charge in [-0.05, 0) is 49.2 Å². The molecule has 3 rings (SSSR count). The molecule has 0 aliphatic rings. The van der Waals surface area contributed by atoms with Crippen LogP contribution in [-0.2, 0) is 0 Å². The Bertz CT molecular complexity index is 928. The second kappa shape index (κ2) is 7.47. The number of aryl methyl sites for hydroxylation is 2. The van der Waals surface area contributed by atoms with Crippen LogP contribution in [0.5, 0.6) is 0 Å². The van der Waals surface area contributed by atoms with Gasteiger partial charge in [0.25, 0.3) is 5.91 Å². The van der Waals surface area contributed by atoms with Crippen LogP contribution < -0.4 is 21.9 Å². The number of anilines is 4. The molecule has 3 aromatic rings. The van der Waals surface area contributed by atoms with Crippen LogP contribution in [0, 0.1) is 13.8 Å². The topological polar surface area (TPSA) is 118 Å². The maximum atomic E-state index is 12.1. The summed E-state index contributed by atoms with van der Waals surface area (Å²) < 4.78 is 0. The van der Waals surface area contributed by atoms with Crippen LogP contribution in [-0.4, -0.2) is 20.9 Å². The molecule has 0 fully saturated rings. The summed E-state index contributed by atoms with van der Waals surface area (Å²) in [6.45, 7) is 4.08. The van der Waals surface area contributed by atoms with Crippen LogP contribution >= 0.6 is 0 Å². The molecule has 0 aliphatic carbocycles. The minimum Gasteiger partial charge on any atom is -0.393 e. The van der Waals surface area contributed by atoms with Crippen molar-refractivity contribution in [1.29, 1.82) is 0 Å². The molecule has 0 radical (unpaired) electrons. The Morgan fingerprint density at radius 3 is 2.62 bits per heavy atom. The van der Waals surface area contributed by atoms with Crippen molar-refractivity contribution < 1.29 is 4.79 Å². The van der Waals surface area contributed by atoms with E-state index < -0.39 is 0 Å². The number of nitrogen functional groups attached to an aromatic ring is 1. The van der Waals surface area contributed by atoms with E-state index in [0.29, 0.717) is 17.2 Å². The van der Waals surface area contributed by atoms with Crippen LogP contribution in [0.1, 0.15) is 21.5 Å². The van der Waals surface area contributed by atoms with Gasteiger partial charge in [-0.15, -0.1) is 0 Å². The van der Waals surface area contributed by atoms with E-state index in [2.05, 4.69) is 31.1 Å². The van der Waals surface area contributed by atoms with Crippen molar-refractivity contribution in [2.24, 2.45) is 0 Å². The zero-order chi connectivity index (χ0) is 18.5. The van der Waals surface area contributed by atoms with Crippen molar-refractivity contribution in [3.05, 3.63) is 65.7 Å². The quantitative estimate of drug-likeness (QED) is 0.523. The summed E-state index contributed by atoms with van der Waals surface area (Å²) in [6.07, 6.45) is 4.42. The molecule has 1 aromatic carbocycles. The van der Waals surface area contributed by atoms with Crippen LogP contribution in [0.4, 0.5) is 23.0 Å². The number of aromatic nitrogens is 3. The highest BCUT2D eigenvalue weighted by Gasteiger charge is 2.10. The second-order valence-electron chi connectivity index (χ2n) is 5.73. The number of hydrogen-bond donors (Lipinski definition) is 4. The van der Waals surface area contributed by atoms with E-state index in [1.54, 1.807) is 18.3 Å². The zero-order valence-corrected chi connectivity index (χ0v) is 14.4. The molecule has 26 heavy (non-hydrogen) atoms. The molecular formula is C18H19N7O. The Morgan fingerprint density at radius 1 is 1.08 bits per heavy atom. The van der Waals surface area contributed by atoms with Crippen molar-refractivity contribution >= 4 is 28.9 Å². The second-order valence-corrected chi connectivity index (χ2v) is 5.73. The monoisotopic (exact) mass is 349 g/mol. The van der Waals surface area contributed by atoms with Gasteiger partial charge in [0.15, 0.2) is 11.6 Å². The molecule has 2 heterocycles. The zero-order valence-electron chi connectivity index (χ0n) is 14.4. The summed E-state index contributed by atoms with van der Waals surface area (Å²) >= 11 is 0. The first-order valence-corrected chi connectivity index (χ1v) is 7.95. The van der Waals surface area contributed by atoms with Gasteiger partial charge in [0.1, 0.15) is 12.0 Å². The molecule has 5 N–H and O–H groups in total. The molecular weight excluding hydrogens is 330 g/mol. The van der Waals surface area contributed by atoms with E-state index in [-0.39, 0.29) is 11.6 Å². The number of nitrogens with one attached hydrogen (secondary N) is 3. The third-order valence-electron chi connectivity index (χ3n) is 3.87. The number of hydrogen-bond acceptors (Lipinski definition) is 7. The Labute approximate surface area is 150 Å². The number of carbonyl (C=O) groups is 1. The Hall–Kier alpha value is -3.68. The maximum absolute atomic E-state index is 12.1. The Morgan fingerprint density at radius 2 is 1.88 bits per heavy atom. The largest absolute Gasteiger partial charge is 0.393 e. The predicted molar refractivity (Wildman–Crippen MR) is 101 cm³/mol. The van der Waals surface area contributed by atoms with E-state index in [1.165, 1.54) is 18.1 Å². The normalized spacial score (nSPS) is 10.2. The van der Waals surface area contributed by atoms with Crippen LogP contribution in [0.15, 0.2) is 49.1 Å². The summed E-state index contributed by atoms with van der Waals surface area (Å²) in [7, 11) is 0. The molecule has 1 amide bonds. The lowest BCUT2D eigenvalue weighted by molar-refractivity contribution is 0.0962.